The summed E-state index contributed by atoms with van der Waals surface area (Å²) in [6, 6.07) is 1.78. The molecule has 0 aliphatic carbocycles. The number of amides is 1. The summed E-state index contributed by atoms with van der Waals surface area (Å²) in [5.41, 5.74) is 0.849. The lowest BCUT2D eigenvalue weighted by Crippen LogP contribution is -2.37. The van der Waals surface area contributed by atoms with Crippen LogP contribution in [-0.4, -0.2) is 38.0 Å². The summed E-state index contributed by atoms with van der Waals surface area (Å²) in [5, 5.41) is 9.12. The molecule has 0 unspecified atom stereocenters. The van der Waals surface area contributed by atoms with E-state index >= 15 is 0 Å². The van der Waals surface area contributed by atoms with Gasteiger partial charge < -0.3 is 20.4 Å². The van der Waals surface area contributed by atoms with Gasteiger partial charge in [0.25, 0.3) is 5.91 Å². The first kappa shape index (κ1) is 19.8. The smallest absolute Gasteiger partial charge is 0.287 e. The Bertz CT molecular complexity index is 438. The number of aliphatic imine (C=N–C) groups is 1. The van der Waals surface area contributed by atoms with Crippen molar-refractivity contribution in [2.75, 3.05) is 26.2 Å². The third kappa shape index (κ3) is 7.35. The number of furan rings is 1. The average Bonchev–Trinajstić information content (AvgIpc) is 2.85. The maximum Gasteiger partial charge on any atom is 0.287 e. The van der Waals surface area contributed by atoms with Crippen LogP contribution in [0.4, 0.5) is 0 Å². The zero-order valence-corrected chi connectivity index (χ0v) is 15.2. The summed E-state index contributed by atoms with van der Waals surface area (Å²) >= 11 is 0. The van der Waals surface area contributed by atoms with Crippen molar-refractivity contribution >= 4 is 35.8 Å². The molecule has 0 fully saturated rings. The van der Waals surface area contributed by atoms with Crippen molar-refractivity contribution in [1.29, 1.82) is 0 Å². The number of aryl methyl sites for hydroxylation is 1. The number of hydrogen-bond acceptors (Lipinski definition) is 3. The maximum absolute atomic E-state index is 11.8. The highest BCUT2D eigenvalue weighted by molar-refractivity contribution is 14.0. The van der Waals surface area contributed by atoms with Gasteiger partial charge in [-0.3, -0.25) is 9.79 Å². The van der Waals surface area contributed by atoms with Crippen LogP contribution in [0.2, 0.25) is 0 Å². The van der Waals surface area contributed by atoms with Gasteiger partial charge in [-0.1, -0.05) is 0 Å². The van der Waals surface area contributed by atoms with E-state index in [1.54, 1.807) is 6.07 Å². The SMILES string of the molecule is CCNC(=NCCCNC(=O)c1occc1C)NCC.I. The van der Waals surface area contributed by atoms with E-state index in [0.717, 1.165) is 31.0 Å². The summed E-state index contributed by atoms with van der Waals surface area (Å²) in [5.74, 6) is 1.02. The molecule has 0 spiro atoms. The molecule has 0 saturated heterocycles. The van der Waals surface area contributed by atoms with E-state index in [0.29, 0.717) is 18.8 Å². The van der Waals surface area contributed by atoms with Gasteiger partial charge in [-0.15, -0.1) is 24.0 Å². The Morgan fingerprint density at radius 3 is 2.43 bits per heavy atom. The molecule has 120 valence electrons. The number of nitrogens with one attached hydrogen (secondary N) is 3. The van der Waals surface area contributed by atoms with Crippen LogP contribution in [-0.2, 0) is 0 Å². The van der Waals surface area contributed by atoms with Gasteiger partial charge in [0, 0.05) is 31.7 Å². The lowest BCUT2D eigenvalue weighted by atomic mass is 10.2. The Morgan fingerprint density at radius 1 is 1.24 bits per heavy atom. The Labute approximate surface area is 143 Å². The molecule has 3 N–H and O–H groups in total. The number of guanidine groups is 1. The molecule has 1 amide bonds. The highest BCUT2D eigenvalue weighted by Gasteiger charge is 2.11. The van der Waals surface area contributed by atoms with E-state index in [1.807, 2.05) is 20.8 Å². The van der Waals surface area contributed by atoms with Gasteiger partial charge in [-0.05, 0) is 33.3 Å². The van der Waals surface area contributed by atoms with Crippen LogP contribution in [0.25, 0.3) is 0 Å². The topological polar surface area (TPSA) is 78.7 Å². The van der Waals surface area contributed by atoms with E-state index < -0.39 is 0 Å². The Hall–Kier alpha value is -1.25. The van der Waals surface area contributed by atoms with Crippen molar-refractivity contribution in [1.82, 2.24) is 16.0 Å². The molecule has 1 heterocycles. The molecule has 1 aromatic heterocycles. The molecule has 21 heavy (non-hydrogen) atoms. The third-order valence-electron chi connectivity index (χ3n) is 2.65. The minimum absolute atomic E-state index is 0. The second-order valence-electron chi connectivity index (χ2n) is 4.33. The number of nitrogens with zero attached hydrogens (tertiary/aromatic N) is 1. The second kappa shape index (κ2) is 11.4. The minimum atomic E-state index is -0.171. The largest absolute Gasteiger partial charge is 0.459 e. The molecule has 0 aliphatic rings. The highest BCUT2D eigenvalue weighted by Crippen LogP contribution is 2.07. The minimum Gasteiger partial charge on any atom is -0.459 e. The zero-order valence-electron chi connectivity index (χ0n) is 12.9. The van der Waals surface area contributed by atoms with Crippen molar-refractivity contribution in [3.63, 3.8) is 0 Å². The number of rotatable bonds is 7. The number of carbonyl (C=O) groups excluding carboxylic acids is 1. The molecule has 6 nitrogen and oxygen atoms in total. The normalized spacial score (nSPS) is 9.48. The Balaban J connectivity index is 0.00000400. The number of hydrogen-bond donors (Lipinski definition) is 3. The highest BCUT2D eigenvalue weighted by atomic mass is 127. The monoisotopic (exact) mass is 408 g/mol. The maximum atomic E-state index is 11.8. The third-order valence-corrected chi connectivity index (χ3v) is 2.65. The van der Waals surface area contributed by atoms with Crippen molar-refractivity contribution in [2.45, 2.75) is 27.2 Å². The molecule has 7 heteroatoms. The number of halogens is 1. The fourth-order valence-corrected chi connectivity index (χ4v) is 1.67. The molecule has 0 radical (unpaired) electrons. The second-order valence-corrected chi connectivity index (χ2v) is 4.33. The van der Waals surface area contributed by atoms with Crippen LogP contribution in [0.1, 0.15) is 36.4 Å². The van der Waals surface area contributed by atoms with E-state index in [-0.39, 0.29) is 29.9 Å². The van der Waals surface area contributed by atoms with Gasteiger partial charge >= 0.3 is 0 Å². The van der Waals surface area contributed by atoms with Crippen molar-refractivity contribution in [2.24, 2.45) is 4.99 Å². The average molecular weight is 408 g/mol. The predicted octanol–water partition coefficient (Wildman–Crippen LogP) is 1.90. The van der Waals surface area contributed by atoms with E-state index in [2.05, 4.69) is 20.9 Å². The zero-order chi connectivity index (χ0) is 14.8. The lowest BCUT2D eigenvalue weighted by Gasteiger charge is -2.09. The fourth-order valence-electron chi connectivity index (χ4n) is 1.67. The van der Waals surface area contributed by atoms with E-state index in [4.69, 9.17) is 4.42 Å². The summed E-state index contributed by atoms with van der Waals surface area (Å²) < 4.78 is 5.13. The summed E-state index contributed by atoms with van der Waals surface area (Å²) in [6.07, 6.45) is 2.30. The van der Waals surface area contributed by atoms with E-state index in [1.165, 1.54) is 6.26 Å². The van der Waals surface area contributed by atoms with Gasteiger partial charge in [0.1, 0.15) is 0 Å². The first-order valence-electron chi connectivity index (χ1n) is 7.03. The predicted molar refractivity (Wildman–Crippen MR) is 95.5 cm³/mol. The fraction of sp³-hybridized carbons (Fsp3) is 0.571. The van der Waals surface area contributed by atoms with Crippen molar-refractivity contribution in [3.05, 3.63) is 23.7 Å². The molecule has 1 rings (SSSR count). The first-order valence-corrected chi connectivity index (χ1v) is 7.03. The van der Waals surface area contributed by atoms with Crippen molar-refractivity contribution < 1.29 is 9.21 Å². The van der Waals surface area contributed by atoms with Gasteiger partial charge in [0.2, 0.25) is 0 Å². The van der Waals surface area contributed by atoms with Gasteiger partial charge in [-0.2, -0.15) is 0 Å². The van der Waals surface area contributed by atoms with Gasteiger partial charge in [0.05, 0.1) is 6.26 Å². The molecular formula is C14H25IN4O2. The quantitative estimate of drug-likeness (QED) is 0.279. The van der Waals surface area contributed by atoms with Crippen LogP contribution in [0.3, 0.4) is 0 Å². The molecule has 0 bridgehead atoms. The molecular weight excluding hydrogens is 383 g/mol. The van der Waals surface area contributed by atoms with Gasteiger partial charge in [0.15, 0.2) is 11.7 Å². The molecule has 0 aromatic carbocycles. The summed E-state index contributed by atoms with van der Waals surface area (Å²) in [4.78, 5) is 16.2. The van der Waals surface area contributed by atoms with Crippen LogP contribution in [0.5, 0.6) is 0 Å². The van der Waals surface area contributed by atoms with Gasteiger partial charge in [-0.25, -0.2) is 0 Å². The van der Waals surface area contributed by atoms with Crippen LogP contribution in [0, 0.1) is 6.92 Å². The molecule has 0 aliphatic heterocycles. The molecule has 0 saturated carbocycles. The first-order chi connectivity index (χ1) is 9.69. The lowest BCUT2D eigenvalue weighted by molar-refractivity contribution is 0.0925. The van der Waals surface area contributed by atoms with Crippen molar-refractivity contribution in [3.8, 4) is 0 Å². The molecule has 0 atom stereocenters. The standard InChI is InChI=1S/C14H24N4O2.HI/c1-4-15-14(16-5-2)18-9-6-8-17-13(19)12-11(3)7-10-20-12;/h7,10H,4-6,8-9H2,1-3H3,(H,17,19)(H2,15,16,18);1H. The Morgan fingerprint density at radius 2 is 1.90 bits per heavy atom. The van der Waals surface area contributed by atoms with Crippen LogP contribution >= 0.6 is 24.0 Å². The number of carbonyl (C=O) groups is 1. The summed E-state index contributed by atoms with van der Waals surface area (Å²) in [6.45, 7) is 8.81. The summed E-state index contributed by atoms with van der Waals surface area (Å²) in [7, 11) is 0. The van der Waals surface area contributed by atoms with Crippen LogP contribution < -0.4 is 16.0 Å². The Kier molecular flexibility index (Phi) is 10.7. The van der Waals surface area contributed by atoms with Crippen LogP contribution in [0.15, 0.2) is 21.7 Å². The molecule has 1 aromatic rings. The van der Waals surface area contributed by atoms with E-state index in [9.17, 15) is 4.79 Å².